The fourth-order valence-electron chi connectivity index (χ4n) is 1.07. The average Bonchev–Trinajstić information content (AvgIpc) is 2.15. The lowest BCUT2D eigenvalue weighted by Gasteiger charge is -2.00. The summed E-state index contributed by atoms with van der Waals surface area (Å²) in [6.07, 6.45) is 3.49. The monoisotopic (exact) mass is 191 g/mol. The SMILES string of the molecule is NC(C=Cc1ccccc1)CC(=O)O. The summed E-state index contributed by atoms with van der Waals surface area (Å²) in [6.45, 7) is 0. The molecule has 0 heterocycles. The number of hydrogen-bond donors (Lipinski definition) is 2. The Labute approximate surface area is 82.9 Å². The van der Waals surface area contributed by atoms with Crippen molar-refractivity contribution >= 4 is 12.0 Å². The van der Waals surface area contributed by atoms with E-state index in [1.165, 1.54) is 0 Å². The predicted octanol–water partition coefficient (Wildman–Crippen LogP) is 1.50. The second kappa shape index (κ2) is 5.19. The number of hydrogen-bond acceptors (Lipinski definition) is 2. The minimum atomic E-state index is -0.879. The van der Waals surface area contributed by atoms with E-state index < -0.39 is 12.0 Å². The number of rotatable bonds is 4. The van der Waals surface area contributed by atoms with E-state index in [0.29, 0.717) is 0 Å². The van der Waals surface area contributed by atoms with Crippen molar-refractivity contribution in [2.24, 2.45) is 5.73 Å². The highest BCUT2D eigenvalue weighted by Gasteiger charge is 2.02. The van der Waals surface area contributed by atoms with E-state index in [-0.39, 0.29) is 6.42 Å². The van der Waals surface area contributed by atoms with Gasteiger partial charge < -0.3 is 10.8 Å². The van der Waals surface area contributed by atoms with E-state index in [9.17, 15) is 4.79 Å². The maximum Gasteiger partial charge on any atom is 0.305 e. The van der Waals surface area contributed by atoms with Crippen molar-refractivity contribution in [1.29, 1.82) is 0 Å². The summed E-state index contributed by atoms with van der Waals surface area (Å²) >= 11 is 0. The molecular formula is C11H13NO2. The second-order valence-corrected chi connectivity index (χ2v) is 3.03. The van der Waals surface area contributed by atoms with Crippen molar-refractivity contribution in [2.45, 2.75) is 12.5 Å². The fourth-order valence-corrected chi connectivity index (χ4v) is 1.07. The van der Waals surface area contributed by atoms with Crippen LogP contribution >= 0.6 is 0 Å². The number of benzene rings is 1. The Morgan fingerprint density at radius 2 is 2.07 bits per heavy atom. The Hall–Kier alpha value is -1.61. The van der Waals surface area contributed by atoms with Crippen molar-refractivity contribution in [3.8, 4) is 0 Å². The lowest BCUT2D eigenvalue weighted by atomic mass is 10.1. The zero-order valence-corrected chi connectivity index (χ0v) is 7.76. The van der Waals surface area contributed by atoms with Gasteiger partial charge in [-0.3, -0.25) is 4.79 Å². The first-order valence-corrected chi connectivity index (χ1v) is 4.39. The lowest BCUT2D eigenvalue weighted by molar-refractivity contribution is -0.137. The first-order valence-electron chi connectivity index (χ1n) is 4.39. The fraction of sp³-hybridized carbons (Fsp3) is 0.182. The molecule has 0 aliphatic carbocycles. The second-order valence-electron chi connectivity index (χ2n) is 3.03. The van der Waals surface area contributed by atoms with Crippen LogP contribution in [-0.4, -0.2) is 17.1 Å². The van der Waals surface area contributed by atoms with Crippen molar-refractivity contribution in [3.05, 3.63) is 42.0 Å². The van der Waals surface area contributed by atoms with Crippen LogP contribution in [0.3, 0.4) is 0 Å². The molecule has 0 spiro atoms. The zero-order chi connectivity index (χ0) is 10.4. The molecule has 1 rings (SSSR count). The molecule has 3 N–H and O–H groups in total. The van der Waals surface area contributed by atoms with Crippen LogP contribution in [0.2, 0.25) is 0 Å². The Balaban J connectivity index is 2.52. The smallest absolute Gasteiger partial charge is 0.305 e. The quantitative estimate of drug-likeness (QED) is 0.758. The van der Waals surface area contributed by atoms with E-state index in [0.717, 1.165) is 5.56 Å². The van der Waals surface area contributed by atoms with E-state index in [2.05, 4.69) is 0 Å². The summed E-state index contributed by atoms with van der Waals surface area (Å²) in [5, 5.41) is 8.47. The molecule has 0 bridgehead atoms. The van der Waals surface area contributed by atoms with Gasteiger partial charge in [-0.1, -0.05) is 42.5 Å². The summed E-state index contributed by atoms with van der Waals surface area (Å²) in [5.74, 6) is -0.879. The number of nitrogens with two attached hydrogens (primary N) is 1. The molecule has 0 radical (unpaired) electrons. The molecule has 74 valence electrons. The van der Waals surface area contributed by atoms with Crippen LogP contribution in [0.4, 0.5) is 0 Å². The van der Waals surface area contributed by atoms with E-state index >= 15 is 0 Å². The standard InChI is InChI=1S/C11H13NO2/c12-10(8-11(13)14)7-6-9-4-2-1-3-5-9/h1-7,10H,8,12H2,(H,13,14). The van der Waals surface area contributed by atoms with Crippen molar-refractivity contribution in [1.82, 2.24) is 0 Å². The van der Waals surface area contributed by atoms with Gasteiger partial charge in [-0.05, 0) is 5.56 Å². The van der Waals surface area contributed by atoms with Crippen LogP contribution in [0.25, 0.3) is 6.08 Å². The number of carboxylic acid groups (broad SMARTS) is 1. The van der Waals surface area contributed by atoms with Gasteiger partial charge in [0.1, 0.15) is 0 Å². The highest BCUT2D eigenvalue weighted by Crippen LogP contribution is 2.02. The third kappa shape index (κ3) is 3.87. The summed E-state index contributed by atoms with van der Waals surface area (Å²) in [6, 6.07) is 9.21. The Bertz CT molecular complexity index is 319. The molecule has 1 atom stereocenters. The van der Waals surface area contributed by atoms with Gasteiger partial charge in [-0.25, -0.2) is 0 Å². The maximum absolute atomic E-state index is 10.3. The molecule has 3 nitrogen and oxygen atoms in total. The topological polar surface area (TPSA) is 63.3 Å². The van der Waals surface area contributed by atoms with E-state index in [1.807, 2.05) is 36.4 Å². The first kappa shape index (κ1) is 10.5. The third-order valence-electron chi connectivity index (χ3n) is 1.75. The molecule has 0 saturated carbocycles. The first-order chi connectivity index (χ1) is 6.68. The Kier molecular flexibility index (Phi) is 3.88. The van der Waals surface area contributed by atoms with Gasteiger partial charge in [-0.15, -0.1) is 0 Å². The molecule has 14 heavy (non-hydrogen) atoms. The van der Waals surface area contributed by atoms with Crippen LogP contribution in [0, 0.1) is 0 Å². The molecule has 0 aliphatic heterocycles. The highest BCUT2D eigenvalue weighted by atomic mass is 16.4. The van der Waals surface area contributed by atoms with Gasteiger partial charge in [0.05, 0.1) is 6.42 Å². The molecule has 1 aromatic rings. The molecule has 0 fully saturated rings. The molecule has 3 heteroatoms. The van der Waals surface area contributed by atoms with Gasteiger partial charge in [0.25, 0.3) is 0 Å². The summed E-state index contributed by atoms with van der Waals surface area (Å²) in [4.78, 5) is 10.3. The van der Waals surface area contributed by atoms with Crippen molar-refractivity contribution in [3.63, 3.8) is 0 Å². The van der Waals surface area contributed by atoms with Crippen molar-refractivity contribution in [2.75, 3.05) is 0 Å². The highest BCUT2D eigenvalue weighted by molar-refractivity contribution is 5.68. The minimum absolute atomic E-state index is 0.0384. The van der Waals surface area contributed by atoms with Crippen LogP contribution in [-0.2, 0) is 4.79 Å². The molecule has 0 amide bonds. The lowest BCUT2D eigenvalue weighted by Crippen LogP contribution is -2.20. The molecule has 1 aromatic carbocycles. The maximum atomic E-state index is 10.3. The molecule has 0 aromatic heterocycles. The van der Waals surface area contributed by atoms with E-state index in [4.69, 9.17) is 10.8 Å². The number of aliphatic carboxylic acids is 1. The van der Waals surface area contributed by atoms with Gasteiger partial charge in [0.2, 0.25) is 0 Å². The molecular weight excluding hydrogens is 178 g/mol. The predicted molar refractivity (Wildman–Crippen MR) is 55.7 cm³/mol. The molecule has 1 unspecified atom stereocenters. The average molecular weight is 191 g/mol. The summed E-state index contributed by atoms with van der Waals surface area (Å²) in [5.41, 5.74) is 6.58. The summed E-state index contributed by atoms with van der Waals surface area (Å²) < 4.78 is 0. The van der Waals surface area contributed by atoms with Gasteiger partial charge in [0, 0.05) is 6.04 Å². The zero-order valence-electron chi connectivity index (χ0n) is 7.76. The number of carboxylic acids is 1. The van der Waals surface area contributed by atoms with Crippen LogP contribution in [0.15, 0.2) is 36.4 Å². The minimum Gasteiger partial charge on any atom is -0.481 e. The largest absolute Gasteiger partial charge is 0.481 e. The van der Waals surface area contributed by atoms with Gasteiger partial charge >= 0.3 is 5.97 Å². The normalized spacial score (nSPS) is 12.9. The van der Waals surface area contributed by atoms with Gasteiger partial charge in [-0.2, -0.15) is 0 Å². The van der Waals surface area contributed by atoms with Crippen molar-refractivity contribution < 1.29 is 9.90 Å². The van der Waals surface area contributed by atoms with Crippen LogP contribution in [0.1, 0.15) is 12.0 Å². The number of carbonyl (C=O) groups is 1. The summed E-state index contributed by atoms with van der Waals surface area (Å²) in [7, 11) is 0. The van der Waals surface area contributed by atoms with Crippen LogP contribution in [0.5, 0.6) is 0 Å². The van der Waals surface area contributed by atoms with Crippen LogP contribution < -0.4 is 5.73 Å². The van der Waals surface area contributed by atoms with Gasteiger partial charge in [0.15, 0.2) is 0 Å². The van der Waals surface area contributed by atoms with E-state index in [1.54, 1.807) is 6.08 Å². The molecule has 0 aliphatic rings. The Morgan fingerprint density at radius 3 is 2.64 bits per heavy atom. The Morgan fingerprint density at radius 1 is 1.43 bits per heavy atom. The third-order valence-corrected chi connectivity index (χ3v) is 1.75. The molecule has 0 saturated heterocycles.